The van der Waals surface area contributed by atoms with Crippen LogP contribution >= 0.6 is 15.9 Å². The number of hydrogen-bond donors (Lipinski definition) is 1. The number of amides is 2. The highest BCUT2D eigenvalue weighted by Gasteiger charge is 2.29. The molecule has 0 aliphatic rings. The molecule has 0 unspecified atom stereocenters. The zero-order valence-electron chi connectivity index (χ0n) is 18.8. The summed E-state index contributed by atoms with van der Waals surface area (Å²) in [5, 5.41) is 2.73. The molecule has 0 aliphatic carbocycles. The smallest absolute Gasteiger partial charge is 0.244 e. The molecule has 32 heavy (non-hydrogen) atoms. The molecule has 174 valence electrons. The topological polar surface area (TPSA) is 86.8 Å². The molecule has 1 atom stereocenters. The second-order valence-corrected chi connectivity index (χ2v) is 10.3. The summed E-state index contributed by atoms with van der Waals surface area (Å²) in [7, 11) is -3.72. The summed E-state index contributed by atoms with van der Waals surface area (Å²) in [6.07, 6.45) is 1.89. The number of nitrogens with zero attached hydrogens (tertiary/aromatic N) is 2. The molecule has 1 N–H and O–H groups in total. The van der Waals surface area contributed by atoms with Crippen LogP contribution < -0.4 is 9.62 Å². The van der Waals surface area contributed by atoms with Crippen molar-refractivity contribution in [1.82, 2.24) is 10.2 Å². The van der Waals surface area contributed by atoms with E-state index in [1.54, 1.807) is 26.0 Å². The fourth-order valence-electron chi connectivity index (χ4n) is 3.20. The van der Waals surface area contributed by atoms with Gasteiger partial charge in [0, 0.05) is 17.6 Å². The molecule has 0 radical (unpaired) electrons. The summed E-state index contributed by atoms with van der Waals surface area (Å²) in [6, 6.07) is 13.7. The molecule has 0 aliphatic heterocycles. The van der Waals surface area contributed by atoms with Crippen LogP contribution in [0.3, 0.4) is 0 Å². The van der Waals surface area contributed by atoms with Gasteiger partial charge in [-0.05, 0) is 55.7 Å². The Labute approximate surface area is 199 Å². The van der Waals surface area contributed by atoms with Gasteiger partial charge in [0.2, 0.25) is 21.8 Å². The molecule has 2 rings (SSSR count). The lowest BCUT2D eigenvalue weighted by Crippen LogP contribution is -2.51. The maximum absolute atomic E-state index is 13.3. The van der Waals surface area contributed by atoms with Crippen LogP contribution in [0.1, 0.15) is 31.9 Å². The SMILES string of the molecule is CCNC(=O)[C@H](C)N(Cc1ccc(Br)cc1)C(=O)CN(c1ccc(CC)cc1)S(C)(=O)=O. The van der Waals surface area contributed by atoms with Crippen LogP contribution in [-0.4, -0.2) is 50.5 Å². The number of anilines is 1. The number of nitrogens with one attached hydrogen (secondary N) is 1. The number of hydrogen-bond acceptors (Lipinski definition) is 4. The molecular formula is C23H30BrN3O4S. The maximum Gasteiger partial charge on any atom is 0.244 e. The molecule has 2 amide bonds. The lowest BCUT2D eigenvalue weighted by atomic mass is 10.1. The third kappa shape index (κ3) is 7.06. The van der Waals surface area contributed by atoms with Gasteiger partial charge in [-0.3, -0.25) is 13.9 Å². The summed E-state index contributed by atoms with van der Waals surface area (Å²) < 4.78 is 27.0. The standard InChI is InChI=1S/C23H30BrN3O4S/c1-5-18-9-13-21(14-10-18)27(32(4,30)31)16-22(28)26(17(3)23(29)25-6-2)15-19-7-11-20(24)12-8-19/h7-14,17H,5-6,15-16H2,1-4H3,(H,25,29)/t17-/m0/s1. The van der Waals surface area contributed by atoms with E-state index in [4.69, 9.17) is 0 Å². The number of rotatable bonds is 10. The van der Waals surface area contributed by atoms with E-state index in [-0.39, 0.29) is 12.5 Å². The summed E-state index contributed by atoms with van der Waals surface area (Å²) >= 11 is 3.39. The molecule has 0 saturated carbocycles. The first-order valence-corrected chi connectivity index (χ1v) is 13.1. The van der Waals surface area contributed by atoms with Gasteiger partial charge in [0.1, 0.15) is 12.6 Å². The molecule has 0 saturated heterocycles. The predicted octanol–water partition coefficient (Wildman–Crippen LogP) is 3.33. The van der Waals surface area contributed by atoms with Gasteiger partial charge in [0.15, 0.2) is 0 Å². The Morgan fingerprint density at radius 2 is 1.56 bits per heavy atom. The Kier molecular flexibility index (Phi) is 9.27. The van der Waals surface area contributed by atoms with E-state index in [0.717, 1.165) is 32.6 Å². The van der Waals surface area contributed by atoms with Gasteiger partial charge < -0.3 is 10.2 Å². The van der Waals surface area contributed by atoms with Gasteiger partial charge in [-0.25, -0.2) is 8.42 Å². The Morgan fingerprint density at radius 1 is 1.00 bits per heavy atom. The molecule has 0 aromatic heterocycles. The average Bonchev–Trinajstić information content (AvgIpc) is 2.76. The lowest BCUT2D eigenvalue weighted by Gasteiger charge is -2.31. The number of likely N-dealkylation sites (N-methyl/N-ethyl adjacent to an activating group) is 1. The zero-order valence-corrected chi connectivity index (χ0v) is 21.2. The van der Waals surface area contributed by atoms with E-state index in [9.17, 15) is 18.0 Å². The molecule has 0 bridgehead atoms. The van der Waals surface area contributed by atoms with E-state index < -0.39 is 28.5 Å². The number of halogens is 1. The minimum Gasteiger partial charge on any atom is -0.355 e. The van der Waals surface area contributed by atoms with E-state index in [2.05, 4.69) is 21.2 Å². The Balaban J connectivity index is 2.35. The number of benzene rings is 2. The van der Waals surface area contributed by atoms with Crippen LogP contribution in [-0.2, 0) is 32.6 Å². The summed E-state index contributed by atoms with van der Waals surface area (Å²) in [5.41, 5.74) is 2.30. The van der Waals surface area contributed by atoms with Crippen molar-refractivity contribution >= 4 is 43.5 Å². The minimum atomic E-state index is -3.72. The third-order valence-corrected chi connectivity index (χ3v) is 6.77. The Hall–Kier alpha value is -2.39. The largest absolute Gasteiger partial charge is 0.355 e. The molecule has 9 heteroatoms. The predicted molar refractivity (Wildman–Crippen MR) is 131 cm³/mol. The quantitative estimate of drug-likeness (QED) is 0.517. The third-order valence-electron chi connectivity index (χ3n) is 5.10. The highest BCUT2D eigenvalue weighted by atomic mass is 79.9. The monoisotopic (exact) mass is 523 g/mol. The second kappa shape index (κ2) is 11.5. The van der Waals surface area contributed by atoms with Crippen molar-refractivity contribution in [2.75, 3.05) is 23.7 Å². The Morgan fingerprint density at radius 3 is 2.06 bits per heavy atom. The van der Waals surface area contributed by atoms with Gasteiger partial charge in [0.25, 0.3) is 0 Å². The summed E-state index contributed by atoms with van der Waals surface area (Å²) in [6.45, 7) is 5.67. The highest BCUT2D eigenvalue weighted by molar-refractivity contribution is 9.10. The van der Waals surface area contributed by atoms with Crippen LogP contribution in [0.4, 0.5) is 5.69 Å². The van der Waals surface area contributed by atoms with Crippen molar-refractivity contribution in [2.24, 2.45) is 0 Å². The van der Waals surface area contributed by atoms with E-state index in [0.29, 0.717) is 12.2 Å². The first kappa shape index (κ1) is 25.9. The molecule has 2 aromatic rings. The first-order chi connectivity index (χ1) is 15.1. The summed E-state index contributed by atoms with van der Waals surface area (Å²) in [4.78, 5) is 27.3. The number of carbonyl (C=O) groups is 2. The molecular weight excluding hydrogens is 494 g/mol. The average molecular weight is 524 g/mol. The number of aryl methyl sites for hydroxylation is 1. The normalized spacial score (nSPS) is 12.2. The van der Waals surface area contributed by atoms with Gasteiger partial charge in [-0.15, -0.1) is 0 Å². The summed E-state index contributed by atoms with van der Waals surface area (Å²) in [5.74, 6) is -0.757. The van der Waals surface area contributed by atoms with Crippen LogP contribution in [0.25, 0.3) is 0 Å². The Bertz CT molecular complexity index is 1020. The van der Waals surface area contributed by atoms with Gasteiger partial charge in [-0.1, -0.05) is 47.1 Å². The molecule has 0 fully saturated rings. The van der Waals surface area contributed by atoms with E-state index >= 15 is 0 Å². The number of carbonyl (C=O) groups excluding carboxylic acids is 2. The fraction of sp³-hybridized carbons (Fsp3) is 0.391. The van der Waals surface area contributed by atoms with Crippen molar-refractivity contribution in [3.63, 3.8) is 0 Å². The van der Waals surface area contributed by atoms with Crippen molar-refractivity contribution in [3.05, 3.63) is 64.1 Å². The molecule has 2 aromatic carbocycles. The van der Waals surface area contributed by atoms with Crippen LogP contribution in [0, 0.1) is 0 Å². The molecule has 0 spiro atoms. The van der Waals surface area contributed by atoms with Gasteiger partial charge in [-0.2, -0.15) is 0 Å². The number of sulfonamides is 1. The minimum absolute atomic E-state index is 0.177. The molecule has 7 nitrogen and oxygen atoms in total. The van der Waals surface area contributed by atoms with Crippen molar-refractivity contribution in [2.45, 2.75) is 39.8 Å². The maximum atomic E-state index is 13.3. The first-order valence-electron chi connectivity index (χ1n) is 10.4. The van der Waals surface area contributed by atoms with E-state index in [1.807, 2.05) is 43.3 Å². The van der Waals surface area contributed by atoms with Crippen LogP contribution in [0.5, 0.6) is 0 Å². The second-order valence-electron chi connectivity index (χ2n) is 7.51. The van der Waals surface area contributed by atoms with Crippen molar-refractivity contribution < 1.29 is 18.0 Å². The highest BCUT2D eigenvalue weighted by Crippen LogP contribution is 2.20. The lowest BCUT2D eigenvalue weighted by molar-refractivity contribution is -0.139. The van der Waals surface area contributed by atoms with Gasteiger partial charge in [0.05, 0.1) is 11.9 Å². The van der Waals surface area contributed by atoms with Crippen molar-refractivity contribution in [3.8, 4) is 0 Å². The molecule has 0 heterocycles. The van der Waals surface area contributed by atoms with Gasteiger partial charge >= 0.3 is 0 Å². The fourth-order valence-corrected chi connectivity index (χ4v) is 4.32. The van der Waals surface area contributed by atoms with Crippen molar-refractivity contribution in [1.29, 1.82) is 0 Å². The van der Waals surface area contributed by atoms with Crippen LogP contribution in [0.15, 0.2) is 53.0 Å². The van der Waals surface area contributed by atoms with E-state index in [1.165, 1.54) is 4.90 Å². The zero-order chi connectivity index (χ0) is 23.9. The van der Waals surface area contributed by atoms with Crippen LogP contribution in [0.2, 0.25) is 0 Å².